The Hall–Kier alpha value is -3.72. The van der Waals surface area contributed by atoms with E-state index in [1.54, 1.807) is 0 Å². The molecule has 2 saturated heterocycles. The van der Waals surface area contributed by atoms with Crippen LogP contribution < -0.4 is 0 Å². The van der Waals surface area contributed by atoms with Gasteiger partial charge in [-0.3, -0.25) is 14.7 Å². The fourth-order valence-electron chi connectivity index (χ4n) is 4.19. The summed E-state index contributed by atoms with van der Waals surface area (Å²) in [6.45, 7) is 6.97. The van der Waals surface area contributed by atoms with Crippen LogP contribution in [0.3, 0.4) is 0 Å². The van der Waals surface area contributed by atoms with Gasteiger partial charge in [-0.2, -0.15) is 26.3 Å². The van der Waals surface area contributed by atoms with Crippen molar-refractivity contribution in [2.24, 2.45) is 0 Å². The number of aryl methyl sites for hydroxylation is 1. The molecule has 2 aliphatic rings. The number of carboxylic acids is 2. The van der Waals surface area contributed by atoms with Gasteiger partial charge in [0.2, 0.25) is 5.91 Å². The van der Waals surface area contributed by atoms with E-state index < -0.39 is 24.3 Å². The molecule has 1 aromatic heterocycles. The lowest BCUT2D eigenvalue weighted by Crippen LogP contribution is -2.58. The Kier molecular flexibility index (Phi) is 12.3. The minimum Gasteiger partial charge on any atom is -0.475 e. The van der Waals surface area contributed by atoms with E-state index in [4.69, 9.17) is 24.5 Å². The van der Waals surface area contributed by atoms with Gasteiger partial charge in [0.05, 0.1) is 24.3 Å². The summed E-state index contributed by atoms with van der Waals surface area (Å²) in [7, 11) is 0. The number of nitrogens with zero attached hydrogens (tertiary/aromatic N) is 3. The number of aliphatic carboxylic acids is 2. The lowest BCUT2D eigenvalue weighted by molar-refractivity contribution is -0.193. The van der Waals surface area contributed by atoms with Gasteiger partial charge in [-0.25, -0.2) is 9.59 Å². The minimum absolute atomic E-state index is 0.179. The first kappa shape index (κ1) is 34.5. The predicted octanol–water partition coefficient (Wildman–Crippen LogP) is 4.09. The molecule has 0 bridgehead atoms. The van der Waals surface area contributed by atoms with Crippen LogP contribution in [0.5, 0.6) is 0 Å². The van der Waals surface area contributed by atoms with Gasteiger partial charge in [-0.15, -0.1) is 0 Å². The van der Waals surface area contributed by atoms with Crippen molar-refractivity contribution >= 4 is 17.8 Å². The van der Waals surface area contributed by atoms with Gasteiger partial charge in [0.25, 0.3) is 0 Å². The molecule has 0 atom stereocenters. The number of rotatable bonds is 4. The zero-order valence-corrected chi connectivity index (χ0v) is 22.6. The van der Waals surface area contributed by atoms with Crippen molar-refractivity contribution in [2.75, 3.05) is 32.8 Å². The molecule has 2 aliphatic heterocycles. The maximum atomic E-state index is 12.8. The first-order chi connectivity index (χ1) is 19.5. The second kappa shape index (κ2) is 15.0. The molecule has 0 aliphatic carbocycles. The highest BCUT2D eigenvalue weighted by Crippen LogP contribution is 2.31. The van der Waals surface area contributed by atoms with Crippen molar-refractivity contribution in [3.63, 3.8) is 0 Å². The number of benzene rings is 1. The first-order valence-electron chi connectivity index (χ1n) is 12.7. The van der Waals surface area contributed by atoms with Crippen LogP contribution in [0.25, 0.3) is 0 Å². The molecule has 1 amide bonds. The maximum Gasteiger partial charge on any atom is 0.490 e. The average molecular weight is 608 g/mol. The molecule has 4 rings (SSSR count). The minimum atomic E-state index is -5.08. The smallest absolute Gasteiger partial charge is 0.475 e. The quantitative estimate of drug-likeness (QED) is 0.499. The van der Waals surface area contributed by atoms with Crippen LogP contribution in [-0.4, -0.2) is 93.6 Å². The Morgan fingerprint density at radius 1 is 0.905 bits per heavy atom. The van der Waals surface area contributed by atoms with Gasteiger partial charge >= 0.3 is 24.3 Å². The van der Waals surface area contributed by atoms with Gasteiger partial charge < -0.3 is 19.8 Å². The number of halogens is 6. The van der Waals surface area contributed by atoms with E-state index in [0.29, 0.717) is 19.6 Å². The first-order valence-corrected chi connectivity index (χ1v) is 12.7. The van der Waals surface area contributed by atoms with E-state index in [9.17, 15) is 31.1 Å². The van der Waals surface area contributed by atoms with Crippen molar-refractivity contribution in [1.82, 2.24) is 14.8 Å². The Bertz CT molecular complexity index is 1140. The zero-order valence-electron chi connectivity index (χ0n) is 22.6. The molecule has 1 aromatic carbocycles. The molecule has 2 fully saturated rings. The molecule has 232 valence electrons. The van der Waals surface area contributed by atoms with Crippen molar-refractivity contribution < 1.29 is 55.7 Å². The lowest BCUT2D eigenvalue weighted by atomic mass is 9.89. The third-order valence-electron chi connectivity index (χ3n) is 6.44. The predicted molar refractivity (Wildman–Crippen MR) is 136 cm³/mol. The standard InChI is InChI=1S/C23H29N3O2.2C2HF3O2/c1-19-5-7-20(8-6-19)16-22(27)26-14-15-28-23(18-26)9-12-25(13-10-23)17-21-4-2-3-11-24-21;2*3-2(4,5)1(6)7/h2-8,11H,9-10,12-18H2,1H3;2*(H,6,7). The van der Waals surface area contributed by atoms with E-state index in [1.807, 2.05) is 23.2 Å². The van der Waals surface area contributed by atoms with E-state index in [1.165, 1.54) is 5.56 Å². The Balaban J connectivity index is 0.000000367. The largest absolute Gasteiger partial charge is 0.490 e. The Labute approximate surface area is 237 Å². The van der Waals surface area contributed by atoms with Crippen LogP contribution in [0.15, 0.2) is 48.7 Å². The van der Waals surface area contributed by atoms with Gasteiger partial charge in [0.15, 0.2) is 0 Å². The van der Waals surface area contributed by atoms with Gasteiger partial charge in [0, 0.05) is 38.9 Å². The third-order valence-corrected chi connectivity index (χ3v) is 6.44. The van der Waals surface area contributed by atoms with Crippen LogP contribution in [0, 0.1) is 6.92 Å². The number of piperidine rings is 1. The molecule has 9 nitrogen and oxygen atoms in total. The average Bonchev–Trinajstić information content (AvgIpc) is 2.92. The fourth-order valence-corrected chi connectivity index (χ4v) is 4.19. The number of carbonyl (C=O) groups is 3. The SMILES string of the molecule is Cc1ccc(CC(=O)N2CCOC3(CCN(Cc4ccccn4)CC3)C2)cc1.O=C(O)C(F)(F)F.O=C(O)C(F)(F)F. The van der Waals surface area contributed by atoms with Gasteiger partial charge in [-0.05, 0) is 37.5 Å². The maximum absolute atomic E-state index is 12.8. The van der Waals surface area contributed by atoms with Gasteiger partial charge in [0.1, 0.15) is 0 Å². The molecular formula is C27H31F6N3O6. The second-order valence-corrected chi connectivity index (χ2v) is 9.71. The monoisotopic (exact) mass is 607 g/mol. The number of hydrogen-bond acceptors (Lipinski definition) is 6. The molecule has 1 spiro atoms. The number of alkyl halides is 6. The third kappa shape index (κ3) is 11.6. The number of likely N-dealkylation sites (tertiary alicyclic amines) is 1. The number of amides is 1. The Morgan fingerprint density at radius 2 is 1.45 bits per heavy atom. The number of hydrogen-bond donors (Lipinski definition) is 2. The highest BCUT2D eigenvalue weighted by atomic mass is 19.4. The van der Waals surface area contributed by atoms with Gasteiger partial charge in [-0.1, -0.05) is 35.9 Å². The van der Waals surface area contributed by atoms with Crippen LogP contribution in [-0.2, 0) is 32.1 Å². The van der Waals surface area contributed by atoms with Crippen LogP contribution in [0.4, 0.5) is 26.3 Å². The van der Waals surface area contributed by atoms with E-state index >= 15 is 0 Å². The molecule has 2 N–H and O–H groups in total. The highest BCUT2D eigenvalue weighted by Gasteiger charge is 2.41. The van der Waals surface area contributed by atoms with E-state index in [-0.39, 0.29) is 11.5 Å². The summed E-state index contributed by atoms with van der Waals surface area (Å²) in [5.74, 6) is -5.30. The fraction of sp³-hybridized carbons (Fsp3) is 0.481. The topological polar surface area (TPSA) is 120 Å². The van der Waals surface area contributed by atoms with E-state index in [2.05, 4.69) is 47.1 Å². The molecule has 0 saturated carbocycles. The Morgan fingerprint density at radius 3 is 1.93 bits per heavy atom. The summed E-state index contributed by atoms with van der Waals surface area (Å²) in [6, 6.07) is 14.3. The molecule has 15 heteroatoms. The molecule has 2 aromatic rings. The van der Waals surface area contributed by atoms with Crippen molar-refractivity contribution in [3.8, 4) is 0 Å². The van der Waals surface area contributed by atoms with Crippen LogP contribution >= 0.6 is 0 Å². The molecule has 42 heavy (non-hydrogen) atoms. The number of ether oxygens (including phenoxy) is 1. The number of carboxylic acid groups (broad SMARTS) is 2. The summed E-state index contributed by atoms with van der Waals surface area (Å²) in [6.07, 6.45) is -5.91. The van der Waals surface area contributed by atoms with Crippen molar-refractivity contribution in [3.05, 3.63) is 65.5 Å². The highest BCUT2D eigenvalue weighted by molar-refractivity contribution is 5.79. The van der Waals surface area contributed by atoms with E-state index in [0.717, 1.165) is 50.3 Å². The van der Waals surface area contributed by atoms with Crippen LogP contribution in [0.2, 0.25) is 0 Å². The summed E-state index contributed by atoms with van der Waals surface area (Å²) in [5.41, 5.74) is 3.24. The van der Waals surface area contributed by atoms with Crippen molar-refractivity contribution in [1.29, 1.82) is 0 Å². The normalized spacial score (nSPS) is 16.9. The summed E-state index contributed by atoms with van der Waals surface area (Å²) >= 11 is 0. The molecule has 0 radical (unpaired) electrons. The number of pyridine rings is 1. The molecular weight excluding hydrogens is 576 g/mol. The van der Waals surface area contributed by atoms with Crippen molar-refractivity contribution in [2.45, 2.75) is 50.7 Å². The number of carbonyl (C=O) groups excluding carboxylic acids is 1. The molecule has 3 heterocycles. The number of morpholine rings is 1. The summed E-state index contributed by atoms with van der Waals surface area (Å²) in [5, 5.41) is 14.2. The summed E-state index contributed by atoms with van der Waals surface area (Å²) < 4.78 is 69.7. The van der Waals surface area contributed by atoms with Crippen LogP contribution in [0.1, 0.15) is 29.7 Å². The second-order valence-electron chi connectivity index (χ2n) is 9.71. The zero-order chi connectivity index (χ0) is 31.6. The summed E-state index contributed by atoms with van der Waals surface area (Å²) in [4.78, 5) is 39.5. The molecule has 0 unspecified atom stereocenters. The number of aromatic nitrogens is 1. The lowest BCUT2D eigenvalue weighted by Gasteiger charge is -2.47.